The zero-order valence-corrected chi connectivity index (χ0v) is 21.3. The minimum absolute atomic E-state index is 0.0186. The van der Waals surface area contributed by atoms with Crippen LogP contribution in [-0.4, -0.2) is 19.2 Å². The number of hydrogen-bond acceptors (Lipinski definition) is 5. The van der Waals surface area contributed by atoms with Crippen molar-refractivity contribution in [1.29, 1.82) is 0 Å². The number of aliphatic hydroxyl groups is 1. The normalized spacial score (nSPS) is 11.6. The molecule has 0 aliphatic rings. The standard InChI is InChI=1S/C27H24ClF2N3O4/c1-15-13-31-22(32-10-6-8-18(25(32)34)27(3,4)36)12-20(15)33-16(2)11-21(23(28)26(33)35)37-14-17-7-5-9-19(29)24(17)30/h5-13,36H,14H2,1-4H3. The predicted octanol–water partition coefficient (Wildman–Crippen LogP) is 4.74. The molecule has 0 fully saturated rings. The van der Waals surface area contributed by atoms with E-state index in [1.807, 2.05) is 0 Å². The highest BCUT2D eigenvalue weighted by atomic mass is 35.5. The molecule has 0 spiro atoms. The van der Waals surface area contributed by atoms with Gasteiger partial charge in [0.25, 0.3) is 11.1 Å². The van der Waals surface area contributed by atoms with Crippen LogP contribution >= 0.6 is 11.6 Å². The molecule has 37 heavy (non-hydrogen) atoms. The summed E-state index contributed by atoms with van der Waals surface area (Å²) in [4.78, 5) is 30.7. The first-order chi connectivity index (χ1) is 17.4. The zero-order valence-electron chi connectivity index (χ0n) is 20.6. The minimum atomic E-state index is -1.36. The van der Waals surface area contributed by atoms with Crippen LogP contribution < -0.4 is 15.9 Å². The molecule has 0 bridgehead atoms. The van der Waals surface area contributed by atoms with Gasteiger partial charge < -0.3 is 9.84 Å². The highest BCUT2D eigenvalue weighted by molar-refractivity contribution is 6.31. The molecular formula is C27H24ClF2N3O4. The Bertz CT molecular complexity index is 1620. The lowest BCUT2D eigenvalue weighted by Crippen LogP contribution is -2.31. The van der Waals surface area contributed by atoms with E-state index < -0.39 is 28.4 Å². The fraction of sp³-hybridized carbons (Fsp3) is 0.222. The molecule has 1 N–H and O–H groups in total. The Kier molecular flexibility index (Phi) is 7.03. The SMILES string of the molecule is Cc1cnc(-n2cccc(C(C)(C)O)c2=O)cc1-n1c(C)cc(OCc2cccc(F)c2F)c(Cl)c1=O. The summed E-state index contributed by atoms with van der Waals surface area (Å²) in [7, 11) is 0. The average Bonchev–Trinajstić information content (AvgIpc) is 2.83. The molecule has 0 atom stereocenters. The van der Waals surface area contributed by atoms with Crippen molar-refractivity contribution in [1.82, 2.24) is 14.1 Å². The number of halogens is 3. The van der Waals surface area contributed by atoms with E-state index in [-0.39, 0.29) is 34.3 Å². The van der Waals surface area contributed by atoms with Gasteiger partial charge in [-0.05, 0) is 51.5 Å². The Morgan fingerprint density at radius 3 is 2.51 bits per heavy atom. The number of nitrogens with zero attached hydrogens (tertiary/aromatic N) is 3. The molecule has 0 radical (unpaired) electrons. The molecule has 4 rings (SSSR count). The molecule has 0 aliphatic carbocycles. The van der Waals surface area contributed by atoms with Crippen molar-refractivity contribution >= 4 is 11.6 Å². The first-order valence-electron chi connectivity index (χ1n) is 11.3. The van der Waals surface area contributed by atoms with Crippen molar-refractivity contribution in [2.75, 3.05) is 0 Å². The Morgan fingerprint density at radius 1 is 1.08 bits per heavy atom. The monoisotopic (exact) mass is 527 g/mol. The first-order valence-corrected chi connectivity index (χ1v) is 11.7. The predicted molar refractivity (Wildman–Crippen MR) is 136 cm³/mol. The molecule has 0 amide bonds. The van der Waals surface area contributed by atoms with Gasteiger partial charge in [-0.25, -0.2) is 13.8 Å². The van der Waals surface area contributed by atoms with Crippen molar-refractivity contribution < 1.29 is 18.6 Å². The van der Waals surface area contributed by atoms with E-state index in [4.69, 9.17) is 16.3 Å². The minimum Gasteiger partial charge on any atom is -0.487 e. The maximum Gasteiger partial charge on any atom is 0.277 e. The molecule has 10 heteroatoms. The van der Waals surface area contributed by atoms with Gasteiger partial charge in [0.1, 0.15) is 23.2 Å². The lowest BCUT2D eigenvalue weighted by Gasteiger charge is -2.19. The Morgan fingerprint density at radius 2 is 1.81 bits per heavy atom. The van der Waals surface area contributed by atoms with Crippen LogP contribution in [0.2, 0.25) is 5.02 Å². The molecule has 0 unspecified atom stereocenters. The van der Waals surface area contributed by atoms with E-state index in [1.165, 1.54) is 59.6 Å². The fourth-order valence-electron chi connectivity index (χ4n) is 3.92. The van der Waals surface area contributed by atoms with E-state index in [0.717, 1.165) is 6.07 Å². The third kappa shape index (κ3) is 5.05. The van der Waals surface area contributed by atoms with Gasteiger partial charge in [-0.15, -0.1) is 0 Å². The summed E-state index contributed by atoms with van der Waals surface area (Å²) >= 11 is 6.34. The second kappa shape index (κ2) is 9.91. The summed E-state index contributed by atoms with van der Waals surface area (Å²) < 4.78 is 35.7. The van der Waals surface area contributed by atoms with Crippen molar-refractivity contribution in [2.24, 2.45) is 0 Å². The summed E-state index contributed by atoms with van der Waals surface area (Å²) in [6.45, 7) is 6.11. The van der Waals surface area contributed by atoms with Gasteiger partial charge in [0.15, 0.2) is 11.6 Å². The lowest BCUT2D eigenvalue weighted by molar-refractivity contribution is 0.0767. The largest absolute Gasteiger partial charge is 0.487 e. The number of pyridine rings is 3. The van der Waals surface area contributed by atoms with Crippen molar-refractivity contribution in [3.8, 4) is 17.3 Å². The number of aryl methyl sites for hydroxylation is 2. The van der Waals surface area contributed by atoms with E-state index in [1.54, 1.807) is 26.0 Å². The molecule has 3 heterocycles. The van der Waals surface area contributed by atoms with Crippen molar-refractivity contribution in [2.45, 2.75) is 39.9 Å². The second-order valence-corrected chi connectivity index (χ2v) is 9.47. The van der Waals surface area contributed by atoms with Gasteiger partial charge in [0.2, 0.25) is 0 Å². The maximum atomic E-state index is 14.0. The molecular weight excluding hydrogens is 504 g/mol. The number of aromatic nitrogens is 3. The summed E-state index contributed by atoms with van der Waals surface area (Å²) in [6.07, 6.45) is 3.04. The van der Waals surface area contributed by atoms with Crippen LogP contribution in [0.15, 0.2) is 64.4 Å². The van der Waals surface area contributed by atoms with Crippen LogP contribution in [0.25, 0.3) is 11.5 Å². The fourth-order valence-corrected chi connectivity index (χ4v) is 4.11. The first kappa shape index (κ1) is 26.2. The van der Waals surface area contributed by atoms with Crippen LogP contribution in [0.1, 0.15) is 36.2 Å². The van der Waals surface area contributed by atoms with E-state index >= 15 is 0 Å². The molecule has 192 valence electrons. The van der Waals surface area contributed by atoms with Crippen LogP contribution in [0, 0.1) is 25.5 Å². The molecule has 3 aromatic heterocycles. The molecule has 0 saturated heterocycles. The number of ether oxygens (including phenoxy) is 1. The Balaban J connectivity index is 1.76. The van der Waals surface area contributed by atoms with Gasteiger partial charge >= 0.3 is 0 Å². The van der Waals surface area contributed by atoms with Crippen molar-refractivity contribution in [3.63, 3.8) is 0 Å². The van der Waals surface area contributed by atoms with Gasteiger partial charge in [0.05, 0.1) is 11.3 Å². The zero-order chi connectivity index (χ0) is 27.1. The topological polar surface area (TPSA) is 86.3 Å². The summed E-state index contributed by atoms with van der Waals surface area (Å²) in [5.41, 5.74) is -0.745. The summed E-state index contributed by atoms with van der Waals surface area (Å²) in [5, 5.41) is 10.1. The Hall–Kier alpha value is -3.82. The van der Waals surface area contributed by atoms with Gasteiger partial charge in [-0.1, -0.05) is 23.7 Å². The summed E-state index contributed by atoms with van der Waals surface area (Å²) in [5.74, 6) is -1.78. The molecule has 4 aromatic rings. The number of benzene rings is 1. The van der Waals surface area contributed by atoms with E-state index in [2.05, 4.69) is 4.98 Å². The summed E-state index contributed by atoms with van der Waals surface area (Å²) in [6, 6.07) is 9.97. The third-order valence-corrected chi connectivity index (χ3v) is 6.22. The van der Waals surface area contributed by atoms with Crippen molar-refractivity contribution in [3.05, 3.63) is 115 Å². The third-order valence-electron chi connectivity index (χ3n) is 5.87. The van der Waals surface area contributed by atoms with Gasteiger partial charge in [-0.2, -0.15) is 0 Å². The second-order valence-electron chi connectivity index (χ2n) is 9.09. The average molecular weight is 528 g/mol. The van der Waals surface area contributed by atoms with E-state index in [9.17, 15) is 23.5 Å². The van der Waals surface area contributed by atoms with Crippen LogP contribution in [0.4, 0.5) is 8.78 Å². The van der Waals surface area contributed by atoms with Gasteiger partial charge in [-0.3, -0.25) is 18.7 Å². The van der Waals surface area contributed by atoms with E-state index in [0.29, 0.717) is 16.9 Å². The molecule has 0 aliphatic heterocycles. The van der Waals surface area contributed by atoms with Crippen LogP contribution in [0.5, 0.6) is 5.75 Å². The highest BCUT2D eigenvalue weighted by Crippen LogP contribution is 2.26. The van der Waals surface area contributed by atoms with Crippen LogP contribution in [-0.2, 0) is 12.2 Å². The smallest absolute Gasteiger partial charge is 0.277 e. The quantitative estimate of drug-likeness (QED) is 0.391. The Labute approximate surface area is 216 Å². The highest BCUT2D eigenvalue weighted by Gasteiger charge is 2.22. The molecule has 1 aromatic carbocycles. The lowest BCUT2D eigenvalue weighted by atomic mass is 10.0. The number of rotatable bonds is 6. The van der Waals surface area contributed by atoms with Crippen LogP contribution in [0.3, 0.4) is 0 Å². The molecule has 0 saturated carbocycles. The maximum absolute atomic E-state index is 14.0. The number of hydrogen-bond donors (Lipinski definition) is 1. The van der Waals surface area contributed by atoms with Gasteiger partial charge in [0, 0.05) is 41.3 Å². The molecule has 7 nitrogen and oxygen atoms in total.